The maximum atomic E-state index is 11.8. The van der Waals surface area contributed by atoms with Crippen molar-refractivity contribution in [1.82, 2.24) is 16.0 Å². The first-order valence-corrected chi connectivity index (χ1v) is 10.1. The molecule has 0 heterocycles. The molecule has 1 aromatic carbocycles. The number of aliphatic imine (C=N–C) groups is 1. The Morgan fingerprint density at radius 2 is 1.69 bits per heavy atom. The van der Waals surface area contributed by atoms with Gasteiger partial charge in [0.2, 0.25) is 5.91 Å². The van der Waals surface area contributed by atoms with Crippen molar-refractivity contribution in [1.29, 1.82) is 0 Å². The molecule has 3 N–H and O–H groups in total. The zero-order chi connectivity index (χ0) is 20.9. The molecular formula is C21H37IN4O3. The van der Waals surface area contributed by atoms with Gasteiger partial charge >= 0.3 is 0 Å². The van der Waals surface area contributed by atoms with Crippen molar-refractivity contribution in [2.75, 3.05) is 26.3 Å². The largest absolute Gasteiger partial charge is 0.490 e. The molecule has 0 saturated carbocycles. The lowest BCUT2D eigenvalue weighted by molar-refractivity contribution is -0.121. The molecule has 8 heteroatoms. The number of carbonyl (C=O) groups is 1. The highest BCUT2D eigenvalue weighted by Crippen LogP contribution is 2.30. The Morgan fingerprint density at radius 1 is 1.03 bits per heavy atom. The molecule has 1 rings (SSSR count). The van der Waals surface area contributed by atoms with Crippen LogP contribution in [0, 0.1) is 0 Å². The van der Waals surface area contributed by atoms with Crippen LogP contribution >= 0.6 is 24.0 Å². The Hall–Kier alpha value is -1.71. The minimum Gasteiger partial charge on any atom is -0.490 e. The van der Waals surface area contributed by atoms with E-state index in [1.165, 1.54) is 0 Å². The predicted octanol–water partition coefficient (Wildman–Crippen LogP) is 3.63. The molecule has 0 aliphatic rings. The molecule has 0 bridgehead atoms. The third kappa shape index (κ3) is 10.6. The summed E-state index contributed by atoms with van der Waals surface area (Å²) >= 11 is 0. The molecule has 1 atom stereocenters. The lowest BCUT2D eigenvalue weighted by Crippen LogP contribution is -2.39. The number of nitrogens with one attached hydrogen (secondary N) is 3. The topological polar surface area (TPSA) is 84.0 Å². The molecule has 1 amide bonds. The SMILES string of the molecule is CCNC(=NCCC(=O)NC(C)C)NC(C)c1ccc(OCC)c(OCC)c1.I. The van der Waals surface area contributed by atoms with Crippen molar-refractivity contribution >= 4 is 35.8 Å². The van der Waals surface area contributed by atoms with E-state index in [1.54, 1.807) is 0 Å². The van der Waals surface area contributed by atoms with Crippen LogP contribution in [-0.2, 0) is 4.79 Å². The Bertz CT molecular complexity index is 638. The van der Waals surface area contributed by atoms with Gasteiger partial charge < -0.3 is 25.4 Å². The second-order valence-corrected chi connectivity index (χ2v) is 6.67. The minimum atomic E-state index is 0. The zero-order valence-corrected chi connectivity index (χ0v) is 20.8. The summed E-state index contributed by atoms with van der Waals surface area (Å²) in [5.41, 5.74) is 1.06. The lowest BCUT2D eigenvalue weighted by Gasteiger charge is -2.20. The van der Waals surface area contributed by atoms with Crippen LogP contribution < -0.4 is 25.4 Å². The van der Waals surface area contributed by atoms with Crippen molar-refractivity contribution in [2.24, 2.45) is 4.99 Å². The maximum absolute atomic E-state index is 11.8. The summed E-state index contributed by atoms with van der Waals surface area (Å²) in [7, 11) is 0. The fourth-order valence-electron chi connectivity index (χ4n) is 2.61. The summed E-state index contributed by atoms with van der Waals surface area (Å²) in [4.78, 5) is 16.3. The number of nitrogens with zero attached hydrogens (tertiary/aromatic N) is 1. The Morgan fingerprint density at radius 3 is 2.28 bits per heavy atom. The van der Waals surface area contributed by atoms with Crippen molar-refractivity contribution < 1.29 is 14.3 Å². The van der Waals surface area contributed by atoms with Gasteiger partial charge in [-0.25, -0.2) is 0 Å². The Kier molecular flexibility index (Phi) is 14.3. The normalized spacial score (nSPS) is 12.0. The molecule has 0 aliphatic heterocycles. The van der Waals surface area contributed by atoms with E-state index in [1.807, 2.05) is 52.8 Å². The second-order valence-electron chi connectivity index (χ2n) is 6.67. The van der Waals surface area contributed by atoms with Gasteiger partial charge in [-0.15, -0.1) is 24.0 Å². The van der Waals surface area contributed by atoms with E-state index in [0.29, 0.717) is 32.1 Å². The molecule has 0 fully saturated rings. The van der Waals surface area contributed by atoms with Crippen molar-refractivity contribution in [3.63, 3.8) is 0 Å². The minimum absolute atomic E-state index is 0. The van der Waals surface area contributed by atoms with E-state index in [2.05, 4.69) is 27.9 Å². The van der Waals surface area contributed by atoms with Gasteiger partial charge in [0.25, 0.3) is 0 Å². The Labute approximate surface area is 192 Å². The van der Waals surface area contributed by atoms with Crippen LogP contribution in [0.1, 0.15) is 59.6 Å². The van der Waals surface area contributed by atoms with Crippen LogP contribution in [0.15, 0.2) is 23.2 Å². The molecular weight excluding hydrogens is 483 g/mol. The van der Waals surface area contributed by atoms with Gasteiger partial charge in [-0.3, -0.25) is 9.79 Å². The summed E-state index contributed by atoms with van der Waals surface area (Å²) in [5.74, 6) is 2.18. The van der Waals surface area contributed by atoms with Gasteiger partial charge in [-0.1, -0.05) is 6.07 Å². The summed E-state index contributed by atoms with van der Waals surface area (Å²) in [5, 5.41) is 9.47. The van der Waals surface area contributed by atoms with Gasteiger partial charge in [0.1, 0.15) is 0 Å². The van der Waals surface area contributed by atoms with E-state index in [4.69, 9.17) is 9.47 Å². The number of carbonyl (C=O) groups excluding carboxylic acids is 1. The molecule has 0 aromatic heterocycles. The smallest absolute Gasteiger partial charge is 0.222 e. The number of halogens is 1. The highest BCUT2D eigenvalue weighted by atomic mass is 127. The van der Waals surface area contributed by atoms with Gasteiger partial charge in [0.15, 0.2) is 17.5 Å². The van der Waals surface area contributed by atoms with Crippen LogP contribution in [0.3, 0.4) is 0 Å². The quantitative estimate of drug-likeness (QED) is 0.236. The molecule has 7 nitrogen and oxygen atoms in total. The monoisotopic (exact) mass is 520 g/mol. The fraction of sp³-hybridized carbons (Fsp3) is 0.619. The van der Waals surface area contributed by atoms with Crippen LogP contribution in [0.5, 0.6) is 11.5 Å². The van der Waals surface area contributed by atoms with E-state index >= 15 is 0 Å². The number of benzene rings is 1. The lowest BCUT2D eigenvalue weighted by atomic mass is 10.1. The van der Waals surface area contributed by atoms with Gasteiger partial charge in [0, 0.05) is 19.0 Å². The van der Waals surface area contributed by atoms with Crippen LogP contribution in [0.2, 0.25) is 0 Å². The number of guanidine groups is 1. The number of amides is 1. The zero-order valence-electron chi connectivity index (χ0n) is 18.5. The van der Waals surface area contributed by atoms with Gasteiger partial charge in [-0.05, 0) is 59.2 Å². The molecule has 0 saturated heterocycles. The molecule has 0 radical (unpaired) electrons. The van der Waals surface area contributed by atoms with Gasteiger partial charge in [-0.2, -0.15) is 0 Å². The predicted molar refractivity (Wildman–Crippen MR) is 130 cm³/mol. The third-order valence-electron chi connectivity index (χ3n) is 3.82. The molecule has 166 valence electrons. The number of rotatable bonds is 11. The number of ether oxygens (including phenoxy) is 2. The van der Waals surface area contributed by atoms with E-state index < -0.39 is 0 Å². The number of hydrogen-bond donors (Lipinski definition) is 3. The molecule has 29 heavy (non-hydrogen) atoms. The standard InChI is InChI=1S/C21H36N4O3.HI/c1-7-22-21(23-13-12-20(26)24-15(4)5)25-16(6)17-10-11-18(27-8-2)19(14-17)28-9-3;/h10-11,14-16H,7-9,12-13H2,1-6H3,(H,24,26)(H2,22,23,25);1H. The molecule has 0 spiro atoms. The summed E-state index contributed by atoms with van der Waals surface area (Å²) in [6.07, 6.45) is 0.362. The van der Waals surface area contributed by atoms with Crippen LogP contribution in [-0.4, -0.2) is 44.2 Å². The molecule has 0 aliphatic carbocycles. The van der Waals surface area contributed by atoms with Crippen molar-refractivity contribution in [3.05, 3.63) is 23.8 Å². The molecule has 1 aromatic rings. The second kappa shape index (κ2) is 15.2. The number of hydrogen-bond acceptors (Lipinski definition) is 4. The van der Waals surface area contributed by atoms with Crippen LogP contribution in [0.25, 0.3) is 0 Å². The first-order chi connectivity index (χ1) is 13.4. The first kappa shape index (κ1) is 27.3. The average molecular weight is 520 g/mol. The van der Waals surface area contributed by atoms with Crippen molar-refractivity contribution in [3.8, 4) is 11.5 Å². The summed E-state index contributed by atoms with van der Waals surface area (Å²) in [6, 6.07) is 6.10. The Balaban J connectivity index is 0.00000784. The first-order valence-electron chi connectivity index (χ1n) is 10.1. The van der Waals surface area contributed by atoms with Gasteiger partial charge in [0.05, 0.1) is 25.8 Å². The van der Waals surface area contributed by atoms with E-state index in [-0.39, 0.29) is 42.0 Å². The summed E-state index contributed by atoms with van der Waals surface area (Å²) in [6.45, 7) is 14.2. The third-order valence-corrected chi connectivity index (χ3v) is 3.82. The highest BCUT2D eigenvalue weighted by molar-refractivity contribution is 14.0. The summed E-state index contributed by atoms with van der Waals surface area (Å²) < 4.78 is 11.3. The fourth-order valence-corrected chi connectivity index (χ4v) is 2.61. The highest BCUT2D eigenvalue weighted by Gasteiger charge is 2.12. The maximum Gasteiger partial charge on any atom is 0.222 e. The van der Waals surface area contributed by atoms with E-state index in [9.17, 15) is 4.79 Å². The van der Waals surface area contributed by atoms with E-state index in [0.717, 1.165) is 23.6 Å². The molecule has 1 unspecified atom stereocenters. The van der Waals surface area contributed by atoms with Crippen molar-refractivity contribution in [2.45, 2.75) is 60.0 Å². The average Bonchev–Trinajstić information content (AvgIpc) is 2.63. The van der Waals surface area contributed by atoms with Crippen LogP contribution in [0.4, 0.5) is 0 Å².